The first kappa shape index (κ1) is 11.3. The van der Waals surface area contributed by atoms with Crippen molar-refractivity contribution < 1.29 is 0 Å². The molecule has 20 heavy (non-hydrogen) atoms. The van der Waals surface area contributed by atoms with Gasteiger partial charge < -0.3 is 10.3 Å². The van der Waals surface area contributed by atoms with Gasteiger partial charge in [0.25, 0.3) is 5.56 Å². The Labute approximate surface area is 114 Å². The summed E-state index contributed by atoms with van der Waals surface area (Å²) in [6.45, 7) is 1.23. The Morgan fingerprint density at radius 2 is 1.90 bits per heavy atom. The van der Waals surface area contributed by atoms with Gasteiger partial charge in [-0.15, -0.1) is 0 Å². The molecule has 0 spiro atoms. The summed E-state index contributed by atoms with van der Waals surface area (Å²) in [7, 11) is 0. The van der Waals surface area contributed by atoms with Crippen LogP contribution in [0, 0.1) is 0 Å². The van der Waals surface area contributed by atoms with Crippen LogP contribution in [-0.4, -0.2) is 15.0 Å². The van der Waals surface area contributed by atoms with Gasteiger partial charge in [0.15, 0.2) is 5.82 Å². The van der Waals surface area contributed by atoms with Crippen LogP contribution in [0.15, 0.2) is 41.2 Å². The number of nitrogens with one attached hydrogen (secondary N) is 2. The molecule has 1 aromatic carbocycles. The maximum atomic E-state index is 12.0. The fourth-order valence-corrected chi connectivity index (χ4v) is 2.50. The van der Waals surface area contributed by atoms with E-state index in [4.69, 9.17) is 0 Å². The standard InChI is InChI=1S/C15H12N4O/c20-15-10-7-16-8-13(10)18-14(19-15)12-6-5-9-3-1-2-4-11(9)17-12/h1-6,16H,7-8H2,(H,18,19,20). The predicted octanol–water partition coefficient (Wildman–Crippen LogP) is 1.59. The highest BCUT2D eigenvalue weighted by Crippen LogP contribution is 2.18. The molecule has 5 heteroatoms. The van der Waals surface area contributed by atoms with Crippen LogP contribution in [0.4, 0.5) is 0 Å². The SMILES string of the molecule is O=c1[nH]c(-c2ccc3ccccc3n2)nc2c1CNC2. The van der Waals surface area contributed by atoms with Gasteiger partial charge in [0.2, 0.25) is 0 Å². The lowest BCUT2D eigenvalue weighted by Crippen LogP contribution is -2.16. The number of rotatable bonds is 1. The van der Waals surface area contributed by atoms with E-state index >= 15 is 0 Å². The van der Waals surface area contributed by atoms with Gasteiger partial charge in [-0.2, -0.15) is 0 Å². The predicted molar refractivity (Wildman–Crippen MR) is 76.1 cm³/mol. The summed E-state index contributed by atoms with van der Waals surface area (Å²) < 4.78 is 0. The zero-order valence-electron chi connectivity index (χ0n) is 10.7. The van der Waals surface area contributed by atoms with Crippen molar-refractivity contribution in [3.63, 3.8) is 0 Å². The molecule has 0 fully saturated rings. The molecule has 98 valence electrons. The fraction of sp³-hybridized carbons (Fsp3) is 0.133. The molecule has 3 heterocycles. The quantitative estimate of drug-likeness (QED) is 0.700. The minimum absolute atomic E-state index is 0.0787. The lowest BCUT2D eigenvalue weighted by atomic mass is 10.2. The molecule has 3 aromatic rings. The maximum absolute atomic E-state index is 12.0. The number of aromatic nitrogens is 3. The van der Waals surface area contributed by atoms with E-state index in [9.17, 15) is 4.79 Å². The Balaban J connectivity index is 1.91. The third kappa shape index (κ3) is 1.71. The number of aromatic amines is 1. The number of fused-ring (bicyclic) bond motifs is 2. The van der Waals surface area contributed by atoms with Crippen molar-refractivity contribution in [3.8, 4) is 11.5 Å². The number of hydrogen-bond acceptors (Lipinski definition) is 4. The van der Waals surface area contributed by atoms with E-state index in [-0.39, 0.29) is 5.56 Å². The monoisotopic (exact) mass is 264 g/mol. The first-order valence-corrected chi connectivity index (χ1v) is 6.50. The van der Waals surface area contributed by atoms with Crippen LogP contribution in [0.1, 0.15) is 11.3 Å². The molecule has 4 rings (SSSR count). The Morgan fingerprint density at radius 1 is 1.00 bits per heavy atom. The first-order valence-electron chi connectivity index (χ1n) is 6.50. The lowest BCUT2D eigenvalue weighted by molar-refractivity contribution is 0.757. The summed E-state index contributed by atoms with van der Waals surface area (Å²) in [6, 6.07) is 11.8. The Hall–Kier alpha value is -2.53. The Morgan fingerprint density at radius 3 is 2.85 bits per heavy atom. The third-order valence-corrected chi connectivity index (χ3v) is 3.54. The van der Waals surface area contributed by atoms with E-state index in [1.807, 2.05) is 36.4 Å². The average Bonchev–Trinajstić information content (AvgIpc) is 2.96. The van der Waals surface area contributed by atoms with Gasteiger partial charge in [-0.1, -0.05) is 24.3 Å². The molecular formula is C15H12N4O. The summed E-state index contributed by atoms with van der Waals surface area (Å²) in [4.78, 5) is 23.9. The molecular weight excluding hydrogens is 252 g/mol. The molecule has 0 bridgehead atoms. The smallest absolute Gasteiger partial charge is 0.256 e. The van der Waals surface area contributed by atoms with Crippen LogP contribution in [0.2, 0.25) is 0 Å². The largest absolute Gasteiger partial charge is 0.307 e. The zero-order valence-corrected chi connectivity index (χ0v) is 10.7. The van der Waals surface area contributed by atoms with Crippen LogP contribution < -0.4 is 10.9 Å². The summed E-state index contributed by atoms with van der Waals surface area (Å²) in [5.41, 5.74) is 3.06. The molecule has 1 aliphatic heterocycles. The zero-order chi connectivity index (χ0) is 13.5. The summed E-state index contributed by atoms with van der Waals surface area (Å²) in [6.07, 6.45) is 0. The van der Waals surface area contributed by atoms with Crippen molar-refractivity contribution in [1.82, 2.24) is 20.3 Å². The van der Waals surface area contributed by atoms with Crippen molar-refractivity contribution in [3.05, 3.63) is 58.0 Å². The van der Waals surface area contributed by atoms with Crippen molar-refractivity contribution >= 4 is 10.9 Å². The highest BCUT2D eigenvalue weighted by Gasteiger charge is 2.17. The van der Waals surface area contributed by atoms with Gasteiger partial charge in [-0.3, -0.25) is 4.79 Å². The molecule has 0 atom stereocenters. The van der Waals surface area contributed by atoms with E-state index in [0.717, 1.165) is 22.2 Å². The van der Waals surface area contributed by atoms with Gasteiger partial charge in [0.05, 0.1) is 16.8 Å². The minimum Gasteiger partial charge on any atom is -0.307 e. The van der Waals surface area contributed by atoms with Crippen molar-refractivity contribution in [2.24, 2.45) is 0 Å². The molecule has 5 nitrogen and oxygen atoms in total. The maximum Gasteiger partial charge on any atom is 0.256 e. The van der Waals surface area contributed by atoms with Crippen LogP contribution in [0.5, 0.6) is 0 Å². The normalized spacial score (nSPS) is 13.6. The minimum atomic E-state index is -0.0787. The first-order chi connectivity index (χ1) is 9.81. The Kier molecular flexibility index (Phi) is 2.40. The van der Waals surface area contributed by atoms with Gasteiger partial charge in [0.1, 0.15) is 5.69 Å². The van der Waals surface area contributed by atoms with Crippen molar-refractivity contribution in [1.29, 1.82) is 0 Å². The van der Waals surface area contributed by atoms with E-state index in [1.165, 1.54) is 0 Å². The van der Waals surface area contributed by atoms with Crippen molar-refractivity contribution in [2.45, 2.75) is 13.1 Å². The number of H-pyrrole nitrogens is 1. The van der Waals surface area contributed by atoms with Crippen LogP contribution >= 0.6 is 0 Å². The van der Waals surface area contributed by atoms with Crippen LogP contribution in [0.25, 0.3) is 22.4 Å². The fourth-order valence-electron chi connectivity index (χ4n) is 2.50. The molecule has 0 aliphatic carbocycles. The highest BCUT2D eigenvalue weighted by atomic mass is 16.1. The second-order valence-corrected chi connectivity index (χ2v) is 4.83. The van der Waals surface area contributed by atoms with Crippen LogP contribution in [0.3, 0.4) is 0 Å². The highest BCUT2D eigenvalue weighted by molar-refractivity contribution is 5.80. The second-order valence-electron chi connectivity index (χ2n) is 4.83. The van der Waals surface area contributed by atoms with Crippen LogP contribution in [-0.2, 0) is 13.1 Å². The summed E-state index contributed by atoms with van der Waals surface area (Å²) >= 11 is 0. The summed E-state index contributed by atoms with van der Waals surface area (Å²) in [5.74, 6) is 0.531. The van der Waals surface area contributed by atoms with Gasteiger partial charge >= 0.3 is 0 Å². The number of hydrogen-bond donors (Lipinski definition) is 2. The van der Waals surface area contributed by atoms with E-state index < -0.39 is 0 Å². The molecule has 0 unspecified atom stereocenters. The number of para-hydroxylation sites is 1. The van der Waals surface area contributed by atoms with Gasteiger partial charge in [0, 0.05) is 18.5 Å². The molecule has 2 N–H and O–H groups in total. The molecule has 1 aliphatic rings. The Bertz CT molecular complexity index is 869. The number of pyridine rings is 1. The van der Waals surface area contributed by atoms with E-state index in [0.29, 0.717) is 24.6 Å². The lowest BCUT2D eigenvalue weighted by Gasteiger charge is -2.04. The van der Waals surface area contributed by atoms with Gasteiger partial charge in [-0.25, -0.2) is 9.97 Å². The average molecular weight is 264 g/mol. The molecule has 2 aromatic heterocycles. The van der Waals surface area contributed by atoms with E-state index in [1.54, 1.807) is 0 Å². The molecule has 0 saturated heterocycles. The molecule has 0 saturated carbocycles. The third-order valence-electron chi connectivity index (χ3n) is 3.54. The number of benzene rings is 1. The molecule has 0 amide bonds. The number of nitrogens with zero attached hydrogens (tertiary/aromatic N) is 2. The van der Waals surface area contributed by atoms with E-state index in [2.05, 4.69) is 20.3 Å². The second kappa shape index (κ2) is 4.25. The topological polar surface area (TPSA) is 70.7 Å². The van der Waals surface area contributed by atoms with Crippen molar-refractivity contribution in [2.75, 3.05) is 0 Å². The summed E-state index contributed by atoms with van der Waals surface area (Å²) in [5, 5.41) is 4.20. The molecule has 0 radical (unpaired) electrons. The van der Waals surface area contributed by atoms with Gasteiger partial charge in [-0.05, 0) is 12.1 Å².